The third-order valence-corrected chi connectivity index (χ3v) is 5.63. The Morgan fingerprint density at radius 2 is 2.00 bits per heavy atom. The summed E-state index contributed by atoms with van der Waals surface area (Å²) in [5.74, 6) is 0.732. The topological polar surface area (TPSA) is 58.4 Å². The highest BCUT2D eigenvalue weighted by atomic mass is 16.2. The van der Waals surface area contributed by atoms with E-state index in [4.69, 9.17) is 5.73 Å². The summed E-state index contributed by atoms with van der Waals surface area (Å²) in [6, 6.07) is 1.20. The molecule has 0 bridgehead atoms. The molecule has 0 aromatic rings. The second kappa shape index (κ2) is 5.41. The van der Waals surface area contributed by atoms with Crippen LogP contribution in [0.3, 0.4) is 0 Å². The van der Waals surface area contributed by atoms with E-state index in [-0.39, 0.29) is 17.9 Å². The van der Waals surface area contributed by atoms with Gasteiger partial charge in [0.15, 0.2) is 0 Å². The molecule has 3 fully saturated rings. The van der Waals surface area contributed by atoms with Gasteiger partial charge in [-0.3, -0.25) is 9.69 Å². The van der Waals surface area contributed by atoms with Crippen LogP contribution in [0.25, 0.3) is 0 Å². The first kappa shape index (κ1) is 13.4. The zero-order valence-electron chi connectivity index (χ0n) is 12.0. The number of amides is 1. The molecule has 4 heteroatoms. The van der Waals surface area contributed by atoms with Crippen LogP contribution in [0.1, 0.15) is 45.4 Å². The first-order valence-electron chi connectivity index (χ1n) is 7.97. The van der Waals surface area contributed by atoms with Gasteiger partial charge in [-0.2, -0.15) is 0 Å². The van der Waals surface area contributed by atoms with Crippen molar-refractivity contribution in [2.45, 2.75) is 63.6 Å². The third kappa shape index (κ3) is 2.52. The second-order valence-corrected chi connectivity index (χ2v) is 6.71. The fourth-order valence-corrected chi connectivity index (χ4v) is 4.31. The van der Waals surface area contributed by atoms with E-state index in [0.717, 1.165) is 32.2 Å². The summed E-state index contributed by atoms with van der Waals surface area (Å²) in [7, 11) is 0. The van der Waals surface area contributed by atoms with Gasteiger partial charge in [-0.15, -0.1) is 0 Å². The van der Waals surface area contributed by atoms with Crippen LogP contribution in [0.2, 0.25) is 0 Å². The standard InChI is InChI=1S/C15H27N3O/c1-10-11(4-2-5-12(10)16)15(19)17-13-7-9-18-8-3-6-14(13)18/h10-14H,2-9,16H2,1H3,(H,17,19). The number of hydrogen-bond donors (Lipinski definition) is 2. The molecular weight excluding hydrogens is 238 g/mol. The summed E-state index contributed by atoms with van der Waals surface area (Å²) in [6.07, 6.45) is 6.87. The Morgan fingerprint density at radius 1 is 1.16 bits per heavy atom. The van der Waals surface area contributed by atoms with Crippen molar-refractivity contribution >= 4 is 5.91 Å². The van der Waals surface area contributed by atoms with Crippen LogP contribution in [0.4, 0.5) is 0 Å². The Balaban J connectivity index is 1.58. The molecule has 3 rings (SSSR count). The van der Waals surface area contributed by atoms with E-state index >= 15 is 0 Å². The number of nitrogens with one attached hydrogen (secondary N) is 1. The van der Waals surface area contributed by atoms with E-state index in [0.29, 0.717) is 18.0 Å². The van der Waals surface area contributed by atoms with Crippen LogP contribution >= 0.6 is 0 Å². The van der Waals surface area contributed by atoms with Crippen LogP contribution in [0.5, 0.6) is 0 Å². The highest BCUT2D eigenvalue weighted by molar-refractivity contribution is 5.79. The first-order valence-corrected chi connectivity index (χ1v) is 7.97. The minimum atomic E-state index is 0.138. The molecule has 5 unspecified atom stereocenters. The van der Waals surface area contributed by atoms with Crippen LogP contribution in [-0.4, -0.2) is 42.0 Å². The Kier molecular flexibility index (Phi) is 3.81. The van der Waals surface area contributed by atoms with E-state index in [9.17, 15) is 4.79 Å². The van der Waals surface area contributed by atoms with Gasteiger partial charge in [0, 0.05) is 30.6 Å². The van der Waals surface area contributed by atoms with E-state index in [1.807, 2.05) is 0 Å². The quantitative estimate of drug-likeness (QED) is 0.786. The molecule has 2 saturated heterocycles. The average molecular weight is 265 g/mol. The molecule has 0 aromatic heterocycles. The molecule has 0 aromatic carbocycles. The molecule has 1 aliphatic carbocycles. The lowest BCUT2D eigenvalue weighted by Gasteiger charge is -2.34. The van der Waals surface area contributed by atoms with E-state index < -0.39 is 0 Å². The van der Waals surface area contributed by atoms with Crippen LogP contribution in [0.15, 0.2) is 0 Å². The number of nitrogens with two attached hydrogens (primary N) is 1. The molecule has 3 aliphatic rings. The van der Waals surface area contributed by atoms with Gasteiger partial charge >= 0.3 is 0 Å². The molecular formula is C15H27N3O. The fourth-order valence-electron chi connectivity index (χ4n) is 4.31. The minimum Gasteiger partial charge on any atom is -0.351 e. The lowest BCUT2D eigenvalue weighted by atomic mass is 9.76. The maximum Gasteiger partial charge on any atom is 0.223 e. The molecule has 1 amide bonds. The lowest BCUT2D eigenvalue weighted by molar-refractivity contribution is -0.128. The van der Waals surface area contributed by atoms with E-state index in [1.165, 1.54) is 19.4 Å². The number of fused-ring (bicyclic) bond motifs is 1. The molecule has 0 radical (unpaired) electrons. The Morgan fingerprint density at radius 3 is 2.84 bits per heavy atom. The van der Waals surface area contributed by atoms with Gasteiger partial charge in [0.05, 0.1) is 0 Å². The van der Waals surface area contributed by atoms with Crippen molar-refractivity contribution in [3.05, 3.63) is 0 Å². The van der Waals surface area contributed by atoms with Gasteiger partial charge in [0.1, 0.15) is 0 Å². The molecule has 108 valence electrons. The molecule has 2 heterocycles. The van der Waals surface area contributed by atoms with Crippen molar-refractivity contribution in [1.82, 2.24) is 10.2 Å². The Labute approximate surface area is 116 Å². The highest BCUT2D eigenvalue weighted by Crippen LogP contribution is 2.31. The van der Waals surface area contributed by atoms with Gasteiger partial charge in [-0.25, -0.2) is 0 Å². The second-order valence-electron chi connectivity index (χ2n) is 6.71. The largest absolute Gasteiger partial charge is 0.351 e. The lowest BCUT2D eigenvalue weighted by Crippen LogP contribution is -2.49. The van der Waals surface area contributed by atoms with Gasteiger partial charge in [0.25, 0.3) is 0 Å². The van der Waals surface area contributed by atoms with Crippen molar-refractivity contribution in [1.29, 1.82) is 0 Å². The average Bonchev–Trinajstić information content (AvgIpc) is 2.97. The van der Waals surface area contributed by atoms with Crippen LogP contribution < -0.4 is 11.1 Å². The van der Waals surface area contributed by atoms with Gasteiger partial charge in [0.2, 0.25) is 5.91 Å². The molecule has 1 saturated carbocycles. The zero-order valence-corrected chi connectivity index (χ0v) is 12.0. The number of nitrogens with zero attached hydrogens (tertiary/aromatic N) is 1. The Bertz CT molecular complexity index is 346. The third-order valence-electron chi connectivity index (χ3n) is 5.63. The van der Waals surface area contributed by atoms with Crippen molar-refractivity contribution in [3.63, 3.8) is 0 Å². The van der Waals surface area contributed by atoms with Crippen molar-refractivity contribution in [3.8, 4) is 0 Å². The molecule has 2 aliphatic heterocycles. The van der Waals surface area contributed by atoms with Gasteiger partial charge in [-0.1, -0.05) is 13.3 Å². The number of carbonyl (C=O) groups excluding carboxylic acids is 1. The van der Waals surface area contributed by atoms with Crippen LogP contribution in [-0.2, 0) is 4.79 Å². The van der Waals surface area contributed by atoms with E-state index in [1.54, 1.807) is 0 Å². The van der Waals surface area contributed by atoms with Crippen molar-refractivity contribution in [2.75, 3.05) is 13.1 Å². The molecule has 5 atom stereocenters. The number of rotatable bonds is 2. The number of carbonyl (C=O) groups is 1. The summed E-state index contributed by atoms with van der Waals surface area (Å²) in [5.41, 5.74) is 6.11. The molecule has 19 heavy (non-hydrogen) atoms. The summed E-state index contributed by atoms with van der Waals surface area (Å²) < 4.78 is 0. The highest BCUT2D eigenvalue weighted by Gasteiger charge is 2.40. The first-order chi connectivity index (χ1) is 9.16. The fraction of sp³-hybridized carbons (Fsp3) is 0.933. The summed E-state index contributed by atoms with van der Waals surface area (Å²) in [5, 5.41) is 3.33. The summed E-state index contributed by atoms with van der Waals surface area (Å²) in [6.45, 7) is 4.53. The molecule has 3 N–H and O–H groups in total. The molecule has 4 nitrogen and oxygen atoms in total. The van der Waals surface area contributed by atoms with Gasteiger partial charge in [-0.05, 0) is 44.6 Å². The van der Waals surface area contributed by atoms with Gasteiger partial charge < -0.3 is 11.1 Å². The zero-order chi connectivity index (χ0) is 13.4. The maximum atomic E-state index is 12.5. The SMILES string of the molecule is CC1C(N)CCCC1C(=O)NC1CCN2CCCC12. The van der Waals surface area contributed by atoms with E-state index in [2.05, 4.69) is 17.1 Å². The smallest absolute Gasteiger partial charge is 0.223 e. The maximum absolute atomic E-state index is 12.5. The normalized spacial score (nSPS) is 43.2. The predicted octanol–water partition coefficient (Wildman–Crippen LogP) is 1.10. The monoisotopic (exact) mass is 265 g/mol. The number of hydrogen-bond acceptors (Lipinski definition) is 3. The summed E-state index contributed by atoms with van der Waals surface area (Å²) in [4.78, 5) is 15.1. The summed E-state index contributed by atoms with van der Waals surface area (Å²) >= 11 is 0. The van der Waals surface area contributed by atoms with Crippen molar-refractivity contribution in [2.24, 2.45) is 17.6 Å². The Hall–Kier alpha value is -0.610. The van der Waals surface area contributed by atoms with Crippen molar-refractivity contribution < 1.29 is 4.79 Å². The minimum absolute atomic E-state index is 0.138. The van der Waals surface area contributed by atoms with Crippen LogP contribution in [0, 0.1) is 11.8 Å². The molecule has 0 spiro atoms. The predicted molar refractivity (Wildman–Crippen MR) is 75.6 cm³/mol.